The summed E-state index contributed by atoms with van der Waals surface area (Å²) in [4.78, 5) is 32.7. The summed E-state index contributed by atoms with van der Waals surface area (Å²) in [5.74, 6) is -1.15. The Morgan fingerprint density at radius 2 is 2.05 bits per heavy atom. The fraction of sp³-hybridized carbons (Fsp3) is 0.273. The summed E-state index contributed by atoms with van der Waals surface area (Å²) >= 11 is 11.6. The maximum absolute atomic E-state index is 11.8. The zero-order valence-corrected chi connectivity index (χ0v) is 11.8. The number of halogens is 2. The molecule has 0 saturated heterocycles. The Labute approximate surface area is 124 Å². The lowest BCUT2D eigenvalue weighted by Gasteiger charge is -2.07. The quantitative estimate of drug-likeness (QED) is 0.509. The van der Waals surface area contributed by atoms with Crippen molar-refractivity contribution >= 4 is 40.8 Å². The lowest BCUT2D eigenvalue weighted by atomic mass is 10.2. The zero-order chi connectivity index (χ0) is 15.3. The minimum absolute atomic E-state index is 0.0160. The molecular weight excluding hydrogens is 311 g/mol. The average molecular weight is 321 g/mol. The first-order chi connectivity index (χ1) is 9.36. The summed E-state index contributed by atoms with van der Waals surface area (Å²) < 4.78 is 4.40. The standard InChI is InChI=1S/C11H10Cl2N2O5/c1-20-9(16)2-3-14-11(17)7-4-6(15(18)19)5-8(12)10(7)13/h4-5H,2-3H2,1H3,(H,14,17). The van der Waals surface area contributed by atoms with Crippen molar-refractivity contribution < 1.29 is 19.2 Å². The molecular formula is C11H10Cl2N2O5. The summed E-state index contributed by atoms with van der Waals surface area (Å²) in [7, 11) is 1.22. The molecule has 1 amide bonds. The highest BCUT2D eigenvalue weighted by Crippen LogP contribution is 2.30. The van der Waals surface area contributed by atoms with E-state index in [2.05, 4.69) is 10.1 Å². The van der Waals surface area contributed by atoms with Crippen molar-refractivity contribution in [3.63, 3.8) is 0 Å². The number of nitrogens with zero attached hydrogens (tertiary/aromatic N) is 1. The van der Waals surface area contributed by atoms with Gasteiger partial charge in [-0.2, -0.15) is 0 Å². The lowest BCUT2D eigenvalue weighted by molar-refractivity contribution is -0.384. The number of nitro benzene ring substituents is 1. The summed E-state index contributed by atoms with van der Waals surface area (Å²) in [6.07, 6.45) is -0.0253. The highest BCUT2D eigenvalue weighted by Gasteiger charge is 2.19. The van der Waals surface area contributed by atoms with Gasteiger partial charge in [0.25, 0.3) is 11.6 Å². The largest absolute Gasteiger partial charge is 0.469 e. The van der Waals surface area contributed by atoms with Crippen LogP contribution in [0.5, 0.6) is 0 Å². The molecule has 0 saturated carbocycles. The number of hydrogen-bond donors (Lipinski definition) is 1. The minimum Gasteiger partial charge on any atom is -0.469 e. The van der Waals surface area contributed by atoms with Gasteiger partial charge in [0.1, 0.15) is 0 Å². The van der Waals surface area contributed by atoms with E-state index in [-0.39, 0.29) is 34.3 Å². The molecule has 1 rings (SSSR count). The Hall–Kier alpha value is -1.86. The summed E-state index contributed by atoms with van der Waals surface area (Å²) in [6, 6.07) is 2.07. The average Bonchev–Trinajstić information content (AvgIpc) is 2.40. The SMILES string of the molecule is COC(=O)CCNC(=O)c1cc([N+](=O)[O-])cc(Cl)c1Cl. The van der Waals surface area contributed by atoms with Crippen molar-refractivity contribution in [2.75, 3.05) is 13.7 Å². The molecule has 9 heteroatoms. The Morgan fingerprint density at radius 1 is 1.40 bits per heavy atom. The van der Waals surface area contributed by atoms with Crippen LogP contribution in [0.1, 0.15) is 16.8 Å². The number of amides is 1. The Bertz CT molecular complexity index is 562. The molecule has 0 heterocycles. The predicted octanol–water partition coefficient (Wildman–Crippen LogP) is 2.19. The number of rotatable bonds is 5. The first-order valence-corrected chi connectivity index (χ1v) is 6.11. The van der Waals surface area contributed by atoms with E-state index in [1.54, 1.807) is 0 Å². The van der Waals surface area contributed by atoms with Gasteiger partial charge in [0.05, 0.1) is 34.1 Å². The summed E-state index contributed by atoms with van der Waals surface area (Å²) in [5, 5.41) is 12.9. The van der Waals surface area contributed by atoms with Crippen LogP contribution in [-0.2, 0) is 9.53 Å². The van der Waals surface area contributed by atoms with E-state index in [0.29, 0.717) is 0 Å². The van der Waals surface area contributed by atoms with Crippen LogP contribution in [0.3, 0.4) is 0 Å². The van der Waals surface area contributed by atoms with E-state index in [4.69, 9.17) is 23.2 Å². The van der Waals surface area contributed by atoms with E-state index in [1.807, 2.05) is 0 Å². The van der Waals surface area contributed by atoms with Crippen molar-refractivity contribution in [2.24, 2.45) is 0 Å². The molecule has 0 spiro atoms. The highest BCUT2D eigenvalue weighted by atomic mass is 35.5. The first kappa shape index (κ1) is 16.2. The molecule has 0 atom stereocenters. The molecule has 7 nitrogen and oxygen atoms in total. The summed E-state index contributed by atoms with van der Waals surface area (Å²) in [5.41, 5.74) is -0.478. The van der Waals surface area contributed by atoms with Crippen molar-refractivity contribution in [3.8, 4) is 0 Å². The highest BCUT2D eigenvalue weighted by molar-refractivity contribution is 6.44. The molecule has 0 unspecified atom stereocenters. The van der Waals surface area contributed by atoms with Crippen LogP contribution in [0.25, 0.3) is 0 Å². The van der Waals surface area contributed by atoms with Crippen LogP contribution < -0.4 is 5.32 Å². The molecule has 0 radical (unpaired) electrons. The fourth-order valence-electron chi connectivity index (χ4n) is 1.32. The third kappa shape index (κ3) is 4.07. The smallest absolute Gasteiger partial charge is 0.307 e. The predicted molar refractivity (Wildman–Crippen MR) is 72.1 cm³/mol. The monoisotopic (exact) mass is 320 g/mol. The minimum atomic E-state index is -0.687. The van der Waals surface area contributed by atoms with Gasteiger partial charge in [-0.15, -0.1) is 0 Å². The van der Waals surface area contributed by atoms with E-state index in [9.17, 15) is 19.7 Å². The fourth-order valence-corrected chi connectivity index (χ4v) is 1.73. The maximum atomic E-state index is 11.8. The van der Waals surface area contributed by atoms with Gasteiger partial charge in [-0.05, 0) is 0 Å². The Morgan fingerprint density at radius 3 is 2.60 bits per heavy atom. The number of hydrogen-bond acceptors (Lipinski definition) is 5. The maximum Gasteiger partial charge on any atom is 0.307 e. The normalized spacial score (nSPS) is 9.95. The van der Waals surface area contributed by atoms with E-state index < -0.39 is 16.8 Å². The van der Waals surface area contributed by atoms with E-state index >= 15 is 0 Å². The second-order valence-corrected chi connectivity index (χ2v) is 4.41. The van der Waals surface area contributed by atoms with Gasteiger partial charge in [0.2, 0.25) is 0 Å². The molecule has 0 fully saturated rings. The van der Waals surface area contributed by atoms with Gasteiger partial charge in [0.15, 0.2) is 0 Å². The second-order valence-electron chi connectivity index (χ2n) is 3.63. The summed E-state index contributed by atoms with van der Waals surface area (Å²) in [6.45, 7) is 0.0160. The molecule has 1 aromatic carbocycles. The third-order valence-corrected chi connectivity index (χ3v) is 3.11. The van der Waals surface area contributed by atoms with Gasteiger partial charge in [-0.1, -0.05) is 23.2 Å². The van der Waals surface area contributed by atoms with Gasteiger partial charge in [0, 0.05) is 18.7 Å². The van der Waals surface area contributed by atoms with Crippen LogP contribution in [0.4, 0.5) is 5.69 Å². The molecule has 0 aliphatic heterocycles. The van der Waals surface area contributed by atoms with Crippen LogP contribution in [0, 0.1) is 10.1 Å². The van der Waals surface area contributed by atoms with Crippen molar-refractivity contribution in [1.82, 2.24) is 5.32 Å². The van der Waals surface area contributed by atoms with Crippen LogP contribution in [0.2, 0.25) is 10.0 Å². The number of nitro groups is 1. The van der Waals surface area contributed by atoms with Crippen molar-refractivity contribution in [3.05, 3.63) is 37.9 Å². The third-order valence-electron chi connectivity index (χ3n) is 2.31. The Kier molecular flexibility index (Phi) is 5.72. The number of nitrogens with one attached hydrogen (secondary N) is 1. The molecule has 0 aromatic heterocycles. The molecule has 1 aromatic rings. The number of esters is 1. The molecule has 0 aliphatic carbocycles. The lowest BCUT2D eigenvalue weighted by Crippen LogP contribution is -2.26. The molecule has 20 heavy (non-hydrogen) atoms. The Balaban J connectivity index is 2.87. The number of non-ortho nitro benzene ring substituents is 1. The number of ether oxygens (including phenoxy) is 1. The second kappa shape index (κ2) is 7.06. The van der Waals surface area contributed by atoms with E-state index in [1.165, 1.54) is 7.11 Å². The van der Waals surface area contributed by atoms with Gasteiger partial charge in [-0.25, -0.2) is 0 Å². The van der Waals surface area contributed by atoms with Crippen molar-refractivity contribution in [1.29, 1.82) is 0 Å². The van der Waals surface area contributed by atoms with Crippen LogP contribution in [0.15, 0.2) is 12.1 Å². The topological polar surface area (TPSA) is 98.5 Å². The van der Waals surface area contributed by atoms with Crippen LogP contribution in [-0.4, -0.2) is 30.5 Å². The van der Waals surface area contributed by atoms with Gasteiger partial charge < -0.3 is 10.1 Å². The molecule has 0 aliphatic rings. The molecule has 1 N–H and O–H groups in total. The molecule has 108 valence electrons. The zero-order valence-electron chi connectivity index (χ0n) is 10.3. The number of methoxy groups -OCH3 is 1. The molecule has 0 bridgehead atoms. The number of carbonyl (C=O) groups excluding carboxylic acids is 2. The van der Waals surface area contributed by atoms with Gasteiger partial charge >= 0.3 is 5.97 Å². The van der Waals surface area contributed by atoms with Crippen molar-refractivity contribution in [2.45, 2.75) is 6.42 Å². The van der Waals surface area contributed by atoms with Gasteiger partial charge in [-0.3, -0.25) is 19.7 Å². The number of benzene rings is 1. The first-order valence-electron chi connectivity index (χ1n) is 5.35. The van der Waals surface area contributed by atoms with Crippen LogP contribution >= 0.6 is 23.2 Å². The number of carbonyl (C=O) groups is 2. The van der Waals surface area contributed by atoms with E-state index in [0.717, 1.165) is 12.1 Å².